The van der Waals surface area contributed by atoms with Gasteiger partial charge >= 0.3 is 6.03 Å². The molecule has 1 fully saturated rings. The van der Waals surface area contributed by atoms with E-state index in [1.807, 2.05) is 25.1 Å². The van der Waals surface area contributed by atoms with Crippen LogP contribution in [0.3, 0.4) is 0 Å². The van der Waals surface area contributed by atoms with Crippen LogP contribution in [-0.2, 0) is 0 Å². The quantitative estimate of drug-likeness (QED) is 0.874. The van der Waals surface area contributed by atoms with Crippen LogP contribution in [0.2, 0.25) is 0 Å². The number of aliphatic hydroxyl groups is 1. The van der Waals surface area contributed by atoms with E-state index in [1.54, 1.807) is 11.9 Å². The van der Waals surface area contributed by atoms with Crippen LogP contribution in [0, 0.1) is 5.92 Å². The summed E-state index contributed by atoms with van der Waals surface area (Å²) in [6.45, 7) is 2.98. The molecule has 22 heavy (non-hydrogen) atoms. The molecule has 3 unspecified atom stereocenters. The maximum atomic E-state index is 12.3. The van der Waals surface area contributed by atoms with E-state index in [9.17, 15) is 9.90 Å². The van der Waals surface area contributed by atoms with E-state index < -0.39 is 6.10 Å². The highest BCUT2D eigenvalue weighted by atomic mass is 16.5. The minimum Gasteiger partial charge on any atom is -0.493 e. The zero-order valence-corrected chi connectivity index (χ0v) is 13.2. The molecular formula is C17H24N2O3. The smallest absolute Gasteiger partial charge is 0.317 e. The van der Waals surface area contributed by atoms with Gasteiger partial charge in [0.05, 0.1) is 12.7 Å². The summed E-state index contributed by atoms with van der Waals surface area (Å²) in [5, 5.41) is 13.0. The zero-order valence-electron chi connectivity index (χ0n) is 13.2. The monoisotopic (exact) mass is 304 g/mol. The summed E-state index contributed by atoms with van der Waals surface area (Å²) in [5.74, 6) is 1.45. The first-order valence-electron chi connectivity index (χ1n) is 7.97. The van der Waals surface area contributed by atoms with Crippen LogP contribution in [0.25, 0.3) is 0 Å². The van der Waals surface area contributed by atoms with Crippen LogP contribution >= 0.6 is 0 Å². The van der Waals surface area contributed by atoms with Gasteiger partial charge in [0.25, 0.3) is 0 Å². The first kappa shape index (κ1) is 15.2. The molecule has 0 bridgehead atoms. The summed E-state index contributed by atoms with van der Waals surface area (Å²) in [4.78, 5) is 13.8. The number of rotatable bonds is 5. The van der Waals surface area contributed by atoms with Crippen molar-refractivity contribution in [3.05, 3.63) is 29.8 Å². The predicted octanol–water partition coefficient (Wildman–Crippen LogP) is 1.96. The number of para-hydroxylation sites is 1. The van der Waals surface area contributed by atoms with E-state index in [2.05, 4.69) is 11.4 Å². The molecule has 1 saturated carbocycles. The third kappa shape index (κ3) is 3.19. The van der Waals surface area contributed by atoms with Crippen LogP contribution in [0.4, 0.5) is 4.79 Å². The average molecular weight is 304 g/mol. The van der Waals surface area contributed by atoms with Crippen molar-refractivity contribution in [2.75, 3.05) is 20.2 Å². The maximum absolute atomic E-state index is 12.3. The minimum atomic E-state index is -0.401. The number of aliphatic hydroxyl groups excluding tert-OH is 1. The third-order valence-electron chi connectivity index (χ3n) is 4.67. The maximum Gasteiger partial charge on any atom is 0.317 e. The highest BCUT2D eigenvalue weighted by Gasteiger charge is 2.33. The second-order valence-corrected chi connectivity index (χ2v) is 6.48. The third-order valence-corrected chi connectivity index (χ3v) is 4.67. The lowest BCUT2D eigenvalue weighted by Gasteiger charge is -2.26. The predicted molar refractivity (Wildman–Crippen MR) is 84.0 cm³/mol. The number of carbonyl (C=O) groups excluding carboxylic acids is 1. The molecule has 1 heterocycles. The highest BCUT2D eigenvalue weighted by molar-refractivity contribution is 5.74. The molecule has 0 saturated heterocycles. The lowest BCUT2D eigenvalue weighted by molar-refractivity contribution is 0.112. The van der Waals surface area contributed by atoms with Crippen LogP contribution in [0.1, 0.15) is 31.2 Å². The molecule has 3 atom stereocenters. The Morgan fingerprint density at radius 2 is 2.18 bits per heavy atom. The van der Waals surface area contributed by atoms with Gasteiger partial charge in [-0.1, -0.05) is 18.2 Å². The second-order valence-electron chi connectivity index (χ2n) is 6.48. The van der Waals surface area contributed by atoms with E-state index in [0.717, 1.165) is 24.2 Å². The molecule has 0 radical (unpaired) electrons. The van der Waals surface area contributed by atoms with Crippen molar-refractivity contribution in [1.29, 1.82) is 0 Å². The highest BCUT2D eigenvalue weighted by Crippen LogP contribution is 2.35. The van der Waals surface area contributed by atoms with Gasteiger partial charge < -0.3 is 20.1 Å². The molecule has 1 aliphatic carbocycles. The Hall–Kier alpha value is -1.75. The normalized spacial score (nSPS) is 22.4. The van der Waals surface area contributed by atoms with E-state index in [-0.39, 0.29) is 18.0 Å². The van der Waals surface area contributed by atoms with Crippen molar-refractivity contribution in [3.8, 4) is 5.75 Å². The van der Waals surface area contributed by atoms with Crippen molar-refractivity contribution in [1.82, 2.24) is 10.2 Å². The Kier molecular flexibility index (Phi) is 4.25. The van der Waals surface area contributed by atoms with E-state index in [4.69, 9.17) is 4.74 Å². The van der Waals surface area contributed by atoms with Gasteiger partial charge in [-0.3, -0.25) is 0 Å². The van der Waals surface area contributed by atoms with Crippen LogP contribution in [-0.4, -0.2) is 48.4 Å². The van der Waals surface area contributed by atoms with Crippen molar-refractivity contribution < 1.29 is 14.6 Å². The average Bonchev–Trinajstić information content (AvgIpc) is 3.26. The summed E-state index contributed by atoms with van der Waals surface area (Å²) < 4.78 is 5.67. The zero-order chi connectivity index (χ0) is 15.7. The molecule has 0 spiro atoms. The van der Waals surface area contributed by atoms with Gasteiger partial charge in [-0.05, 0) is 31.7 Å². The van der Waals surface area contributed by atoms with Crippen molar-refractivity contribution in [2.45, 2.75) is 37.8 Å². The van der Waals surface area contributed by atoms with Gasteiger partial charge in [0.1, 0.15) is 5.75 Å². The number of benzene rings is 1. The number of urea groups is 1. The van der Waals surface area contributed by atoms with Gasteiger partial charge in [-0.2, -0.15) is 0 Å². The minimum absolute atomic E-state index is 0.0170. The molecule has 1 aromatic rings. The molecule has 2 aliphatic rings. The first-order valence-corrected chi connectivity index (χ1v) is 7.97. The molecule has 2 N–H and O–H groups in total. The Labute approximate surface area is 131 Å². The molecule has 1 aromatic carbocycles. The fraction of sp³-hybridized carbons (Fsp3) is 0.588. The molecule has 0 aromatic heterocycles. The largest absolute Gasteiger partial charge is 0.493 e. The number of fused-ring (bicyclic) bond motifs is 1. The van der Waals surface area contributed by atoms with Crippen LogP contribution in [0.5, 0.6) is 5.75 Å². The van der Waals surface area contributed by atoms with Gasteiger partial charge in [-0.15, -0.1) is 0 Å². The Morgan fingerprint density at radius 1 is 1.45 bits per heavy atom. The number of carbonyl (C=O) groups is 1. The summed E-state index contributed by atoms with van der Waals surface area (Å²) >= 11 is 0. The molecule has 1 aliphatic heterocycles. The van der Waals surface area contributed by atoms with Gasteiger partial charge in [0.2, 0.25) is 0 Å². The van der Waals surface area contributed by atoms with Gasteiger partial charge in [-0.25, -0.2) is 4.79 Å². The number of hydrogen-bond acceptors (Lipinski definition) is 3. The molecule has 3 rings (SSSR count). The number of hydrogen-bond donors (Lipinski definition) is 2. The topological polar surface area (TPSA) is 61.8 Å². The summed E-state index contributed by atoms with van der Waals surface area (Å²) in [7, 11) is 1.73. The van der Waals surface area contributed by atoms with Gasteiger partial charge in [0.15, 0.2) is 0 Å². The number of nitrogens with one attached hydrogen (secondary N) is 1. The summed E-state index contributed by atoms with van der Waals surface area (Å²) in [5.41, 5.74) is 1.15. The standard InChI is InChI=1S/C17H24N2O3/c1-11(14-10-22-16-6-4-3-5-13(14)16)18-17(21)19(2)9-15(20)12-7-8-12/h3-6,11-12,14-15,20H,7-10H2,1-2H3,(H,18,21). The molecule has 2 amide bonds. The first-order chi connectivity index (χ1) is 10.6. The molecular weight excluding hydrogens is 280 g/mol. The van der Waals surface area contributed by atoms with Crippen molar-refractivity contribution in [2.24, 2.45) is 5.92 Å². The van der Waals surface area contributed by atoms with Crippen molar-refractivity contribution >= 4 is 6.03 Å². The van der Waals surface area contributed by atoms with Crippen LogP contribution < -0.4 is 10.1 Å². The fourth-order valence-corrected chi connectivity index (χ4v) is 3.00. The number of nitrogens with zero attached hydrogens (tertiary/aromatic N) is 1. The molecule has 5 nitrogen and oxygen atoms in total. The van der Waals surface area contributed by atoms with Gasteiger partial charge in [0, 0.05) is 31.1 Å². The number of likely N-dealkylation sites (N-methyl/N-ethyl adjacent to an activating group) is 1. The lowest BCUT2D eigenvalue weighted by atomic mass is 9.94. The summed E-state index contributed by atoms with van der Waals surface area (Å²) in [6, 6.07) is 7.80. The number of amides is 2. The Balaban J connectivity index is 1.55. The van der Waals surface area contributed by atoms with Crippen molar-refractivity contribution in [3.63, 3.8) is 0 Å². The van der Waals surface area contributed by atoms with E-state index >= 15 is 0 Å². The van der Waals surface area contributed by atoms with Crippen LogP contribution in [0.15, 0.2) is 24.3 Å². The van der Waals surface area contributed by atoms with E-state index in [1.165, 1.54) is 0 Å². The molecule has 120 valence electrons. The van der Waals surface area contributed by atoms with E-state index in [0.29, 0.717) is 19.1 Å². The summed E-state index contributed by atoms with van der Waals surface area (Å²) in [6.07, 6.45) is 1.74. The second kappa shape index (κ2) is 6.16. The molecule has 5 heteroatoms. The lowest BCUT2D eigenvalue weighted by Crippen LogP contribution is -2.46. The SMILES string of the molecule is CC(NC(=O)N(C)CC(O)C1CC1)C1COc2ccccc21. The number of ether oxygens (including phenoxy) is 1. The fourth-order valence-electron chi connectivity index (χ4n) is 3.00. The Bertz CT molecular complexity index is 544. The Morgan fingerprint density at radius 3 is 2.91 bits per heavy atom.